The van der Waals surface area contributed by atoms with Gasteiger partial charge in [0.25, 0.3) is 0 Å². The zero-order chi connectivity index (χ0) is 11.1. The van der Waals surface area contributed by atoms with Gasteiger partial charge >= 0.3 is 0 Å². The fourth-order valence-electron chi connectivity index (χ4n) is 3.36. The highest BCUT2D eigenvalue weighted by molar-refractivity contribution is 4.78. The molecule has 0 aliphatic heterocycles. The van der Waals surface area contributed by atoms with Crippen molar-refractivity contribution in [1.82, 2.24) is 0 Å². The Labute approximate surface area is 96.8 Å². The summed E-state index contributed by atoms with van der Waals surface area (Å²) in [6.45, 7) is 6.43. The summed E-state index contributed by atoms with van der Waals surface area (Å²) in [6.07, 6.45) is 13.8. The highest BCUT2D eigenvalue weighted by Crippen LogP contribution is 2.39. The van der Waals surface area contributed by atoms with E-state index >= 15 is 0 Å². The number of rotatable bonds is 1. The van der Waals surface area contributed by atoms with E-state index in [0.717, 1.165) is 17.8 Å². The zero-order valence-electron chi connectivity index (χ0n) is 11.1. The molecule has 0 aromatic rings. The van der Waals surface area contributed by atoms with Gasteiger partial charge in [-0.05, 0) is 30.6 Å². The Morgan fingerprint density at radius 2 is 1.07 bits per heavy atom. The van der Waals surface area contributed by atoms with Crippen LogP contribution in [0, 0.1) is 17.8 Å². The summed E-state index contributed by atoms with van der Waals surface area (Å²) in [6, 6.07) is 0. The first-order valence-corrected chi connectivity index (χ1v) is 7.36. The molecule has 0 heteroatoms. The zero-order valence-corrected chi connectivity index (χ0v) is 11.1. The van der Waals surface area contributed by atoms with E-state index in [1.807, 2.05) is 13.8 Å². The highest BCUT2D eigenvalue weighted by atomic mass is 14.3. The van der Waals surface area contributed by atoms with E-state index in [1.165, 1.54) is 32.1 Å². The topological polar surface area (TPSA) is 0 Å². The van der Waals surface area contributed by atoms with Crippen LogP contribution in [0.3, 0.4) is 0 Å². The van der Waals surface area contributed by atoms with E-state index in [-0.39, 0.29) is 0 Å². The molecule has 2 aliphatic carbocycles. The Balaban J connectivity index is 0.000000531. The molecule has 0 amide bonds. The Hall–Kier alpha value is 0. The summed E-state index contributed by atoms with van der Waals surface area (Å²) in [5, 5.41) is 0. The van der Waals surface area contributed by atoms with Crippen LogP contribution in [0.2, 0.25) is 0 Å². The molecule has 0 aromatic heterocycles. The van der Waals surface area contributed by atoms with Crippen molar-refractivity contribution in [3.63, 3.8) is 0 Å². The Morgan fingerprint density at radius 1 is 0.600 bits per heavy atom. The maximum Gasteiger partial charge on any atom is -0.0386 e. The van der Waals surface area contributed by atoms with Crippen LogP contribution < -0.4 is 0 Å². The van der Waals surface area contributed by atoms with Crippen LogP contribution in [0.15, 0.2) is 0 Å². The quantitative estimate of drug-likeness (QED) is 0.542. The first-order valence-electron chi connectivity index (χ1n) is 7.36. The predicted octanol–water partition coefficient (Wildman–Crippen LogP) is 5.42. The average Bonchev–Trinajstić information content (AvgIpc) is 2.34. The normalized spacial score (nSPS) is 33.0. The lowest BCUT2D eigenvalue weighted by Crippen LogP contribution is -2.22. The first kappa shape index (κ1) is 13.1. The summed E-state index contributed by atoms with van der Waals surface area (Å²) in [7, 11) is 0. The van der Waals surface area contributed by atoms with Crippen molar-refractivity contribution < 1.29 is 0 Å². The second-order valence-electron chi connectivity index (χ2n) is 5.42. The van der Waals surface area contributed by atoms with Gasteiger partial charge in [-0.1, -0.05) is 65.7 Å². The number of hydrogen-bond donors (Lipinski definition) is 0. The molecule has 0 aromatic carbocycles. The smallest absolute Gasteiger partial charge is 0.0386 e. The second kappa shape index (κ2) is 7.30. The van der Waals surface area contributed by atoms with Crippen molar-refractivity contribution in [1.29, 1.82) is 0 Å². The molecule has 0 spiro atoms. The van der Waals surface area contributed by atoms with Gasteiger partial charge in [-0.25, -0.2) is 0 Å². The Kier molecular flexibility index (Phi) is 6.36. The van der Waals surface area contributed by atoms with Crippen molar-refractivity contribution in [2.75, 3.05) is 0 Å². The van der Waals surface area contributed by atoms with Crippen molar-refractivity contribution in [3.05, 3.63) is 0 Å². The Bertz CT molecular complexity index is 136. The lowest BCUT2D eigenvalue weighted by molar-refractivity contribution is 0.173. The molecule has 0 saturated heterocycles. The van der Waals surface area contributed by atoms with E-state index in [9.17, 15) is 0 Å². The molecule has 0 nitrogen and oxygen atoms in total. The predicted molar refractivity (Wildman–Crippen MR) is 69.0 cm³/mol. The lowest BCUT2D eigenvalue weighted by Gasteiger charge is -2.34. The van der Waals surface area contributed by atoms with Crippen molar-refractivity contribution in [2.24, 2.45) is 17.8 Å². The van der Waals surface area contributed by atoms with Gasteiger partial charge in [-0.15, -0.1) is 0 Å². The van der Waals surface area contributed by atoms with Gasteiger partial charge in [0.1, 0.15) is 0 Å². The summed E-state index contributed by atoms with van der Waals surface area (Å²) < 4.78 is 0. The van der Waals surface area contributed by atoms with Crippen LogP contribution in [-0.2, 0) is 0 Å². The van der Waals surface area contributed by atoms with Crippen LogP contribution in [-0.4, -0.2) is 0 Å². The van der Waals surface area contributed by atoms with Crippen LogP contribution in [0.5, 0.6) is 0 Å². The maximum absolute atomic E-state index is 2.43. The monoisotopic (exact) mass is 210 g/mol. The van der Waals surface area contributed by atoms with Gasteiger partial charge in [0.2, 0.25) is 0 Å². The summed E-state index contributed by atoms with van der Waals surface area (Å²) in [4.78, 5) is 0. The molecule has 0 atom stereocenters. The summed E-state index contributed by atoms with van der Waals surface area (Å²) >= 11 is 0. The van der Waals surface area contributed by atoms with E-state index in [0.29, 0.717) is 0 Å². The fourth-order valence-corrected chi connectivity index (χ4v) is 3.36. The van der Waals surface area contributed by atoms with Gasteiger partial charge in [-0.3, -0.25) is 0 Å². The fraction of sp³-hybridized carbons (Fsp3) is 1.00. The molecule has 0 heterocycles. The second-order valence-corrected chi connectivity index (χ2v) is 5.42. The third-order valence-corrected chi connectivity index (χ3v) is 4.38. The first-order chi connectivity index (χ1) is 7.36. The van der Waals surface area contributed by atoms with Crippen LogP contribution >= 0.6 is 0 Å². The minimum absolute atomic E-state index is 1.03. The molecular formula is C15H30. The third kappa shape index (κ3) is 4.17. The summed E-state index contributed by atoms with van der Waals surface area (Å²) in [5.74, 6) is 3.28. The van der Waals surface area contributed by atoms with E-state index in [1.54, 1.807) is 25.7 Å². The van der Waals surface area contributed by atoms with Crippen LogP contribution in [0.25, 0.3) is 0 Å². The molecule has 0 unspecified atom stereocenters. The van der Waals surface area contributed by atoms with Crippen LogP contribution in [0.1, 0.15) is 78.6 Å². The van der Waals surface area contributed by atoms with Gasteiger partial charge in [0.05, 0.1) is 0 Å². The van der Waals surface area contributed by atoms with Gasteiger partial charge in [0.15, 0.2) is 0 Å². The SMILES string of the molecule is CC.CC1CCC(C2CCCCC2)CC1. The third-order valence-electron chi connectivity index (χ3n) is 4.38. The van der Waals surface area contributed by atoms with E-state index in [2.05, 4.69) is 6.92 Å². The summed E-state index contributed by atoms with van der Waals surface area (Å²) in [5.41, 5.74) is 0. The molecule has 0 radical (unpaired) electrons. The lowest BCUT2D eigenvalue weighted by atomic mass is 9.71. The molecule has 90 valence electrons. The highest BCUT2D eigenvalue weighted by Gasteiger charge is 2.26. The number of hydrogen-bond acceptors (Lipinski definition) is 0. The minimum atomic E-state index is 1.03. The molecule has 2 saturated carbocycles. The molecule has 2 fully saturated rings. The molecule has 0 bridgehead atoms. The molecule has 0 N–H and O–H groups in total. The van der Waals surface area contributed by atoms with Gasteiger partial charge in [0, 0.05) is 0 Å². The Morgan fingerprint density at radius 3 is 1.60 bits per heavy atom. The molecule has 15 heavy (non-hydrogen) atoms. The molecule has 2 aliphatic rings. The molecule has 2 rings (SSSR count). The standard InChI is InChI=1S/C13H24.C2H6/c1-11-7-9-13(10-8-11)12-5-3-2-4-6-12;1-2/h11-13H,2-10H2,1H3;1-2H3. The molecular weight excluding hydrogens is 180 g/mol. The maximum atomic E-state index is 2.43. The largest absolute Gasteiger partial charge is 0.0683 e. The van der Waals surface area contributed by atoms with Crippen molar-refractivity contribution in [3.8, 4) is 0 Å². The van der Waals surface area contributed by atoms with Gasteiger partial charge in [-0.2, -0.15) is 0 Å². The minimum Gasteiger partial charge on any atom is -0.0683 e. The van der Waals surface area contributed by atoms with E-state index < -0.39 is 0 Å². The van der Waals surface area contributed by atoms with E-state index in [4.69, 9.17) is 0 Å². The average molecular weight is 210 g/mol. The van der Waals surface area contributed by atoms with Gasteiger partial charge < -0.3 is 0 Å². The van der Waals surface area contributed by atoms with Crippen LogP contribution in [0.4, 0.5) is 0 Å². The van der Waals surface area contributed by atoms with Crippen molar-refractivity contribution >= 4 is 0 Å². The van der Waals surface area contributed by atoms with Crippen molar-refractivity contribution in [2.45, 2.75) is 78.6 Å².